The Balaban J connectivity index is 2.09. The van der Waals surface area contributed by atoms with Crippen molar-refractivity contribution in [1.82, 2.24) is 4.90 Å². The predicted molar refractivity (Wildman–Crippen MR) is 90.7 cm³/mol. The van der Waals surface area contributed by atoms with E-state index >= 15 is 0 Å². The van der Waals surface area contributed by atoms with Gasteiger partial charge in [-0.1, -0.05) is 20.8 Å². The molecule has 0 N–H and O–H groups in total. The molecular weight excluding hydrogens is 274 g/mol. The molecule has 3 heteroatoms. The molecule has 2 fully saturated rings. The molecule has 0 radical (unpaired) electrons. The van der Waals surface area contributed by atoms with Gasteiger partial charge >= 0.3 is 0 Å². The number of hydrogen-bond donors (Lipinski definition) is 0. The molecule has 1 aliphatic heterocycles. The van der Waals surface area contributed by atoms with Gasteiger partial charge in [0.1, 0.15) is 0 Å². The average Bonchev–Trinajstić information content (AvgIpc) is 3.12. The highest BCUT2D eigenvalue weighted by molar-refractivity contribution is 5.79. The highest BCUT2D eigenvalue weighted by Gasteiger charge is 2.43. The molecule has 0 spiro atoms. The third-order valence-electron chi connectivity index (χ3n) is 5.61. The van der Waals surface area contributed by atoms with Crippen LogP contribution < -0.4 is 0 Å². The smallest absolute Gasteiger partial charge is 0.226 e. The Hall–Kier alpha value is -0.570. The summed E-state index contributed by atoms with van der Waals surface area (Å²) in [6.45, 7) is 14.9. The van der Waals surface area contributed by atoms with E-state index in [1.165, 1.54) is 12.8 Å². The zero-order valence-electron chi connectivity index (χ0n) is 15.4. The summed E-state index contributed by atoms with van der Waals surface area (Å²) < 4.78 is 5.88. The third-order valence-corrected chi connectivity index (χ3v) is 5.61. The highest BCUT2D eigenvalue weighted by Crippen LogP contribution is 2.46. The van der Waals surface area contributed by atoms with Crippen LogP contribution in [0.25, 0.3) is 0 Å². The Bertz CT molecular complexity index is 379. The lowest BCUT2D eigenvalue weighted by molar-refractivity contribution is -0.144. The van der Waals surface area contributed by atoms with E-state index in [0.717, 1.165) is 25.9 Å². The highest BCUT2D eigenvalue weighted by atomic mass is 16.5. The van der Waals surface area contributed by atoms with E-state index in [0.29, 0.717) is 23.2 Å². The van der Waals surface area contributed by atoms with Crippen LogP contribution in [0.4, 0.5) is 0 Å². The molecule has 3 nitrogen and oxygen atoms in total. The van der Waals surface area contributed by atoms with E-state index in [-0.39, 0.29) is 18.1 Å². The minimum absolute atomic E-state index is 0.149. The van der Waals surface area contributed by atoms with Crippen molar-refractivity contribution in [2.75, 3.05) is 13.1 Å². The Kier molecular flexibility index (Phi) is 5.58. The zero-order chi connectivity index (χ0) is 16.5. The van der Waals surface area contributed by atoms with E-state index < -0.39 is 0 Å². The molecule has 3 atom stereocenters. The lowest BCUT2D eigenvalue weighted by Crippen LogP contribution is -2.46. The standard InChI is InChI=1S/C19H35NO2/c1-7-20(12-19(6)8-9-19)18(21)17(13(2)3)16-10-14(4)22-15(5)11-16/h13-17H,7-12H2,1-6H3. The van der Waals surface area contributed by atoms with Gasteiger partial charge in [-0.3, -0.25) is 4.79 Å². The number of hydrogen-bond acceptors (Lipinski definition) is 2. The number of carbonyl (C=O) groups excluding carboxylic acids is 1. The fourth-order valence-electron chi connectivity index (χ4n) is 4.17. The maximum Gasteiger partial charge on any atom is 0.226 e. The summed E-state index contributed by atoms with van der Waals surface area (Å²) in [5.41, 5.74) is 0.392. The summed E-state index contributed by atoms with van der Waals surface area (Å²) in [5.74, 6) is 1.40. The Labute approximate surface area is 136 Å². The molecule has 0 aromatic heterocycles. The fourth-order valence-corrected chi connectivity index (χ4v) is 4.17. The van der Waals surface area contributed by atoms with E-state index in [1.807, 2.05) is 0 Å². The fraction of sp³-hybridized carbons (Fsp3) is 0.947. The van der Waals surface area contributed by atoms with Crippen molar-refractivity contribution in [3.63, 3.8) is 0 Å². The SMILES string of the molecule is CCN(CC1(C)CC1)C(=O)C(C(C)C)C1CC(C)OC(C)C1. The van der Waals surface area contributed by atoms with E-state index in [9.17, 15) is 4.79 Å². The number of carbonyl (C=O) groups is 1. The van der Waals surface area contributed by atoms with Gasteiger partial charge in [-0.25, -0.2) is 0 Å². The van der Waals surface area contributed by atoms with Crippen molar-refractivity contribution in [2.45, 2.75) is 79.4 Å². The first-order chi connectivity index (χ1) is 10.3. The van der Waals surface area contributed by atoms with Gasteiger partial charge in [0.15, 0.2) is 0 Å². The molecule has 3 unspecified atom stereocenters. The van der Waals surface area contributed by atoms with Crippen LogP contribution in [0, 0.1) is 23.2 Å². The third kappa shape index (κ3) is 4.24. The lowest BCUT2D eigenvalue weighted by atomic mass is 9.75. The molecule has 0 aromatic rings. The topological polar surface area (TPSA) is 29.5 Å². The summed E-state index contributed by atoms with van der Waals surface area (Å²) in [6.07, 6.45) is 5.14. The molecular formula is C19H35NO2. The van der Waals surface area contributed by atoms with E-state index in [2.05, 4.69) is 46.4 Å². The second kappa shape index (κ2) is 6.90. The van der Waals surface area contributed by atoms with Crippen LogP contribution in [0.3, 0.4) is 0 Å². The lowest BCUT2D eigenvalue weighted by Gasteiger charge is -2.40. The van der Waals surface area contributed by atoms with Crippen molar-refractivity contribution in [3.8, 4) is 0 Å². The van der Waals surface area contributed by atoms with E-state index in [4.69, 9.17) is 4.74 Å². The van der Waals surface area contributed by atoms with Gasteiger partial charge in [0.25, 0.3) is 0 Å². The maximum atomic E-state index is 13.2. The summed E-state index contributed by atoms with van der Waals surface area (Å²) in [4.78, 5) is 15.3. The summed E-state index contributed by atoms with van der Waals surface area (Å²) in [6, 6.07) is 0. The average molecular weight is 309 g/mol. The van der Waals surface area contributed by atoms with Crippen molar-refractivity contribution in [3.05, 3.63) is 0 Å². The quantitative estimate of drug-likeness (QED) is 0.739. The molecule has 0 bridgehead atoms. The monoisotopic (exact) mass is 309 g/mol. The number of nitrogens with zero attached hydrogens (tertiary/aromatic N) is 1. The molecule has 1 saturated carbocycles. The summed E-state index contributed by atoms with van der Waals surface area (Å²) >= 11 is 0. The minimum atomic E-state index is 0.149. The summed E-state index contributed by atoms with van der Waals surface area (Å²) in [7, 11) is 0. The minimum Gasteiger partial charge on any atom is -0.376 e. The van der Waals surface area contributed by atoms with Crippen molar-refractivity contribution in [1.29, 1.82) is 0 Å². The Morgan fingerprint density at radius 2 is 1.77 bits per heavy atom. The van der Waals surface area contributed by atoms with Crippen molar-refractivity contribution >= 4 is 5.91 Å². The molecule has 1 aliphatic carbocycles. The largest absolute Gasteiger partial charge is 0.376 e. The first kappa shape index (κ1) is 17.8. The molecule has 0 aromatic carbocycles. The van der Waals surface area contributed by atoms with Gasteiger partial charge < -0.3 is 9.64 Å². The summed E-state index contributed by atoms with van der Waals surface area (Å²) in [5, 5.41) is 0. The molecule has 2 aliphatic rings. The van der Waals surface area contributed by atoms with Gasteiger partial charge in [-0.05, 0) is 63.7 Å². The molecule has 22 heavy (non-hydrogen) atoms. The van der Waals surface area contributed by atoms with Crippen LogP contribution in [0.1, 0.15) is 67.2 Å². The van der Waals surface area contributed by atoms with Crippen LogP contribution in [-0.2, 0) is 9.53 Å². The first-order valence-electron chi connectivity index (χ1n) is 9.20. The van der Waals surface area contributed by atoms with Crippen LogP contribution in [0.15, 0.2) is 0 Å². The number of rotatable bonds is 6. The molecule has 1 heterocycles. The van der Waals surface area contributed by atoms with Gasteiger partial charge in [0.2, 0.25) is 5.91 Å². The van der Waals surface area contributed by atoms with Gasteiger partial charge in [0, 0.05) is 19.0 Å². The molecule has 1 saturated heterocycles. The molecule has 2 rings (SSSR count). The van der Waals surface area contributed by atoms with Crippen molar-refractivity contribution in [2.24, 2.45) is 23.2 Å². The van der Waals surface area contributed by atoms with Gasteiger partial charge in [-0.15, -0.1) is 0 Å². The molecule has 128 valence electrons. The van der Waals surface area contributed by atoms with Gasteiger partial charge in [0.05, 0.1) is 12.2 Å². The number of amides is 1. The van der Waals surface area contributed by atoms with Crippen LogP contribution in [0.2, 0.25) is 0 Å². The second-order valence-corrected chi connectivity index (χ2v) is 8.42. The van der Waals surface area contributed by atoms with Crippen LogP contribution in [-0.4, -0.2) is 36.1 Å². The van der Waals surface area contributed by atoms with Gasteiger partial charge in [-0.2, -0.15) is 0 Å². The predicted octanol–water partition coefficient (Wildman–Crippen LogP) is 4.11. The van der Waals surface area contributed by atoms with Crippen LogP contribution >= 0.6 is 0 Å². The first-order valence-corrected chi connectivity index (χ1v) is 9.20. The number of ether oxygens (including phenoxy) is 1. The zero-order valence-corrected chi connectivity index (χ0v) is 15.4. The second-order valence-electron chi connectivity index (χ2n) is 8.42. The van der Waals surface area contributed by atoms with Crippen LogP contribution in [0.5, 0.6) is 0 Å². The van der Waals surface area contributed by atoms with Crippen molar-refractivity contribution < 1.29 is 9.53 Å². The van der Waals surface area contributed by atoms with E-state index in [1.54, 1.807) is 0 Å². The Morgan fingerprint density at radius 1 is 1.23 bits per heavy atom. The molecule has 1 amide bonds. The maximum absolute atomic E-state index is 13.2. The Morgan fingerprint density at radius 3 is 2.18 bits per heavy atom. The normalized spacial score (nSPS) is 31.9.